The van der Waals surface area contributed by atoms with E-state index in [-0.39, 0.29) is 5.57 Å². The fourth-order valence-electron chi connectivity index (χ4n) is 1.62. The molecular formula is C15H18N2O4. The summed E-state index contributed by atoms with van der Waals surface area (Å²) < 4.78 is 15.2. The topological polar surface area (TPSA) is 80.6 Å². The maximum Gasteiger partial charge on any atom is 0.262 e. The van der Waals surface area contributed by atoms with Gasteiger partial charge in [0.15, 0.2) is 0 Å². The predicted octanol–water partition coefficient (Wildman–Crippen LogP) is 1.37. The van der Waals surface area contributed by atoms with Gasteiger partial charge in [-0.1, -0.05) is 0 Å². The molecule has 112 valence electrons. The Bertz CT molecular complexity index is 561. The summed E-state index contributed by atoms with van der Waals surface area (Å²) in [5.74, 6) is 0.701. The number of amides is 1. The van der Waals surface area contributed by atoms with E-state index in [1.165, 1.54) is 27.4 Å². The van der Waals surface area contributed by atoms with Gasteiger partial charge in [0.2, 0.25) is 0 Å². The van der Waals surface area contributed by atoms with Crippen molar-refractivity contribution >= 4 is 12.0 Å². The number of methoxy groups -OCH3 is 3. The van der Waals surface area contributed by atoms with Crippen molar-refractivity contribution in [1.82, 2.24) is 5.32 Å². The third-order valence-electron chi connectivity index (χ3n) is 2.69. The monoisotopic (exact) mass is 290 g/mol. The van der Waals surface area contributed by atoms with Crippen LogP contribution in [0.4, 0.5) is 0 Å². The first-order valence-corrected chi connectivity index (χ1v) is 6.27. The molecule has 0 heterocycles. The van der Waals surface area contributed by atoms with E-state index >= 15 is 0 Å². The van der Waals surface area contributed by atoms with Crippen LogP contribution in [0.3, 0.4) is 0 Å². The second kappa shape index (κ2) is 8.61. The van der Waals surface area contributed by atoms with Crippen molar-refractivity contribution in [3.63, 3.8) is 0 Å². The molecule has 0 bridgehead atoms. The molecule has 0 unspecified atom stereocenters. The normalized spacial score (nSPS) is 10.7. The summed E-state index contributed by atoms with van der Waals surface area (Å²) in [5, 5.41) is 11.7. The first kappa shape index (κ1) is 16.5. The molecule has 0 aliphatic rings. The quantitative estimate of drug-likeness (QED) is 0.466. The first-order chi connectivity index (χ1) is 10.2. The van der Waals surface area contributed by atoms with E-state index in [0.29, 0.717) is 30.2 Å². The third-order valence-corrected chi connectivity index (χ3v) is 2.69. The van der Waals surface area contributed by atoms with Crippen LogP contribution in [-0.2, 0) is 9.53 Å². The molecule has 0 saturated carbocycles. The lowest BCUT2D eigenvalue weighted by atomic mass is 10.1. The van der Waals surface area contributed by atoms with Crippen LogP contribution in [0, 0.1) is 11.3 Å². The van der Waals surface area contributed by atoms with Gasteiger partial charge in [0.05, 0.1) is 20.8 Å². The van der Waals surface area contributed by atoms with Crippen LogP contribution in [0.2, 0.25) is 0 Å². The molecule has 1 rings (SSSR count). The van der Waals surface area contributed by atoms with Gasteiger partial charge in [-0.15, -0.1) is 0 Å². The van der Waals surface area contributed by atoms with Crippen LogP contribution in [0.5, 0.6) is 11.5 Å². The maximum absolute atomic E-state index is 11.9. The summed E-state index contributed by atoms with van der Waals surface area (Å²) >= 11 is 0. The molecule has 0 aromatic heterocycles. The fraction of sp³-hybridized carbons (Fsp3) is 0.333. The molecular weight excluding hydrogens is 272 g/mol. The van der Waals surface area contributed by atoms with E-state index in [1.807, 2.05) is 6.07 Å². The van der Waals surface area contributed by atoms with Crippen LogP contribution in [-0.4, -0.2) is 40.4 Å². The summed E-state index contributed by atoms with van der Waals surface area (Å²) in [6, 6.07) is 7.02. The highest BCUT2D eigenvalue weighted by molar-refractivity contribution is 6.02. The van der Waals surface area contributed by atoms with Crippen LogP contribution < -0.4 is 14.8 Å². The van der Waals surface area contributed by atoms with Crippen LogP contribution in [0.25, 0.3) is 6.08 Å². The summed E-state index contributed by atoms with van der Waals surface area (Å²) in [6.07, 6.45) is 1.46. The average Bonchev–Trinajstić information content (AvgIpc) is 2.52. The second-order valence-electron chi connectivity index (χ2n) is 4.03. The van der Waals surface area contributed by atoms with Gasteiger partial charge in [0.1, 0.15) is 23.1 Å². The fourth-order valence-corrected chi connectivity index (χ4v) is 1.62. The SMILES string of the molecule is COCCNC(=O)/C(C#N)=C/c1cc(OC)ccc1OC. The Morgan fingerprint density at radius 3 is 2.67 bits per heavy atom. The van der Waals surface area contributed by atoms with Gasteiger partial charge in [-0.25, -0.2) is 0 Å². The molecule has 1 amide bonds. The van der Waals surface area contributed by atoms with Crippen molar-refractivity contribution in [1.29, 1.82) is 5.26 Å². The maximum atomic E-state index is 11.9. The Morgan fingerprint density at radius 1 is 1.33 bits per heavy atom. The van der Waals surface area contributed by atoms with E-state index < -0.39 is 5.91 Å². The summed E-state index contributed by atoms with van der Waals surface area (Å²) in [5.41, 5.74) is 0.577. The van der Waals surface area contributed by atoms with Crippen LogP contribution in [0.15, 0.2) is 23.8 Å². The lowest BCUT2D eigenvalue weighted by molar-refractivity contribution is -0.117. The molecule has 21 heavy (non-hydrogen) atoms. The van der Waals surface area contributed by atoms with E-state index in [2.05, 4.69) is 5.32 Å². The minimum atomic E-state index is -0.459. The number of nitrogens with one attached hydrogen (secondary N) is 1. The lowest BCUT2D eigenvalue weighted by Gasteiger charge is -2.08. The van der Waals surface area contributed by atoms with Gasteiger partial charge in [-0.2, -0.15) is 5.26 Å². The molecule has 1 N–H and O–H groups in total. The average molecular weight is 290 g/mol. The highest BCUT2D eigenvalue weighted by atomic mass is 16.5. The van der Waals surface area contributed by atoms with Gasteiger partial charge in [0, 0.05) is 19.2 Å². The van der Waals surface area contributed by atoms with Crippen molar-refractivity contribution < 1.29 is 19.0 Å². The highest BCUT2D eigenvalue weighted by Gasteiger charge is 2.11. The van der Waals surface area contributed by atoms with Gasteiger partial charge in [0.25, 0.3) is 5.91 Å². The minimum absolute atomic E-state index is 0.0161. The zero-order valence-corrected chi connectivity index (χ0v) is 12.3. The van der Waals surface area contributed by atoms with Gasteiger partial charge >= 0.3 is 0 Å². The Hall–Kier alpha value is -2.52. The molecule has 6 nitrogen and oxygen atoms in total. The molecule has 6 heteroatoms. The largest absolute Gasteiger partial charge is 0.497 e. The zero-order valence-electron chi connectivity index (χ0n) is 12.3. The number of nitrogens with zero attached hydrogens (tertiary/aromatic N) is 1. The number of rotatable bonds is 7. The number of nitriles is 1. The van der Waals surface area contributed by atoms with Crippen molar-refractivity contribution in [2.45, 2.75) is 0 Å². The predicted molar refractivity (Wildman–Crippen MR) is 78.0 cm³/mol. The standard InChI is InChI=1S/C15H18N2O4/c1-19-7-6-17-15(18)12(10-16)8-11-9-13(20-2)4-5-14(11)21-3/h4-5,8-9H,6-7H2,1-3H3,(H,17,18)/b12-8+. The summed E-state index contributed by atoms with van der Waals surface area (Å²) in [6.45, 7) is 0.719. The molecule has 0 atom stereocenters. The van der Waals surface area contributed by atoms with E-state index in [4.69, 9.17) is 19.5 Å². The Morgan fingerprint density at radius 2 is 2.10 bits per heavy atom. The van der Waals surface area contributed by atoms with Crippen LogP contribution >= 0.6 is 0 Å². The van der Waals surface area contributed by atoms with E-state index in [0.717, 1.165) is 0 Å². The molecule has 0 spiro atoms. The van der Waals surface area contributed by atoms with E-state index in [1.54, 1.807) is 18.2 Å². The molecule has 0 fully saturated rings. The van der Waals surface area contributed by atoms with Crippen molar-refractivity contribution in [2.24, 2.45) is 0 Å². The molecule has 1 aromatic rings. The summed E-state index contributed by atoms with van der Waals surface area (Å²) in [4.78, 5) is 11.9. The smallest absolute Gasteiger partial charge is 0.262 e. The van der Waals surface area contributed by atoms with Gasteiger partial charge in [-0.05, 0) is 24.3 Å². The molecule has 0 aliphatic carbocycles. The molecule has 0 radical (unpaired) electrons. The first-order valence-electron chi connectivity index (χ1n) is 6.27. The Labute approximate surface area is 123 Å². The number of carbonyl (C=O) groups excluding carboxylic acids is 1. The molecule has 1 aromatic carbocycles. The zero-order chi connectivity index (χ0) is 15.7. The molecule has 0 aliphatic heterocycles. The summed E-state index contributed by atoms with van der Waals surface area (Å²) in [7, 11) is 4.59. The molecule has 0 saturated heterocycles. The number of hydrogen-bond acceptors (Lipinski definition) is 5. The Kier molecular flexibility index (Phi) is 6.78. The van der Waals surface area contributed by atoms with Crippen LogP contribution in [0.1, 0.15) is 5.56 Å². The minimum Gasteiger partial charge on any atom is -0.497 e. The third kappa shape index (κ3) is 4.82. The van der Waals surface area contributed by atoms with Gasteiger partial charge < -0.3 is 19.5 Å². The Balaban J connectivity index is 3.01. The van der Waals surface area contributed by atoms with E-state index in [9.17, 15) is 4.79 Å². The van der Waals surface area contributed by atoms with Crippen molar-refractivity contribution in [2.75, 3.05) is 34.5 Å². The van der Waals surface area contributed by atoms with Crippen molar-refractivity contribution in [3.8, 4) is 17.6 Å². The lowest BCUT2D eigenvalue weighted by Crippen LogP contribution is -2.27. The second-order valence-corrected chi connectivity index (χ2v) is 4.03. The number of benzene rings is 1. The number of ether oxygens (including phenoxy) is 3. The number of carbonyl (C=O) groups is 1. The van der Waals surface area contributed by atoms with Gasteiger partial charge in [-0.3, -0.25) is 4.79 Å². The highest BCUT2D eigenvalue weighted by Crippen LogP contribution is 2.26. The number of hydrogen-bond donors (Lipinski definition) is 1. The van der Waals surface area contributed by atoms with Crippen molar-refractivity contribution in [3.05, 3.63) is 29.3 Å².